The van der Waals surface area contributed by atoms with Crippen molar-refractivity contribution in [3.63, 3.8) is 0 Å². The van der Waals surface area contributed by atoms with E-state index >= 15 is 0 Å². The smallest absolute Gasteiger partial charge is 0.0620 e. The third kappa shape index (κ3) is 3.72. The summed E-state index contributed by atoms with van der Waals surface area (Å²) in [6, 6.07) is 1.27. The van der Waals surface area contributed by atoms with Gasteiger partial charge in [0.05, 0.1) is 13.2 Å². The first kappa shape index (κ1) is 11.3. The van der Waals surface area contributed by atoms with E-state index in [0.29, 0.717) is 12.1 Å². The van der Waals surface area contributed by atoms with E-state index in [-0.39, 0.29) is 0 Å². The molecule has 4 heteroatoms. The first-order valence-corrected chi connectivity index (χ1v) is 6.07. The lowest BCUT2D eigenvalue weighted by Gasteiger charge is -2.24. The molecule has 2 unspecified atom stereocenters. The Morgan fingerprint density at radius 2 is 2.47 bits per heavy atom. The van der Waals surface area contributed by atoms with Gasteiger partial charge in [-0.1, -0.05) is 0 Å². The SMILES string of the molecule is CN1CCC(NCCC2COCCN2)C1. The van der Waals surface area contributed by atoms with Gasteiger partial charge in [-0.25, -0.2) is 0 Å². The van der Waals surface area contributed by atoms with Crippen molar-refractivity contribution in [2.24, 2.45) is 0 Å². The number of morpholine rings is 1. The molecule has 0 aromatic carbocycles. The number of ether oxygens (including phenoxy) is 1. The fourth-order valence-electron chi connectivity index (χ4n) is 2.37. The summed E-state index contributed by atoms with van der Waals surface area (Å²) in [5, 5.41) is 7.10. The van der Waals surface area contributed by atoms with Gasteiger partial charge < -0.3 is 20.3 Å². The standard InChI is InChI=1S/C11H23N3O/c1-14-6-3-10(8-14)12-4-2-11-9-15-7-5-13-11/h10-13H,2-9H2,1H3. The molecule has 0 aliphatic carbocycles. The van der Waals surface area contributed by atoms with Gasteiger partial charge in [-0.15, -0.1) is 0 Å². The summed E-state index contributed by atoms with van der Waals surface area (Å²) in [4.78, 5) is 2.39. The number of nitrogens with zero attached hydrogens (tertiary/aromatic N) is 1. The van der Waals surface area contributed by atoms with Crippen LogP contribution in [0.2, 0.25) is 0 Å². The zero-order valence-electron chi connectivity index (χ0n) is 9.67. The minimum Gasteiger partial charge on any atom is -0.379 e. The largest absolute Gasteiger partial charge is 0.379 e. The average Bonchev–Trinajstić information content (AvgIpc) is 2.66. The van der Waals surface area contributed by atoms with E-state index in [1.165, 1.54) is 25.9 Å². The number of rotatable bonds is 4. The van der Waals surface area contributed by atoms with Gasteiger partial charge in [0.1, 0.15) is 0 Å². The van der Waals surface area contributed by atoms with Gasteiger partial charge in [-0.2, -0.15) is 0 Å². The maximum atomic E-state index is 5.42. The minimum absolute atomic E-state index is 0.561. The van der Waals surface area contributed by atoms with Crippen LogP contribution in [0.3, 0.4) is 0 Å². The van der Waals surface area contributed by atoms with Crippen LogP contribution in [0, 0.1) is 0 Å². The maximum Gasteiger partial charge on any atom is 0.0620 e. The zero-order chi connectivity index (χ0) is 10.5. The highest BCUT2D eigenvalue weighted by Crippen LogP contribution is 2.06. The monoisotopic (exact) mass is 213 g/mol. The number of nitrogens with one attached hydrogen (secondary N) is 2. The molecular weight excluding hydrogens is 190 g/mol. The predicted molar refractivity (Wildman–Crippen MR) is 61.1 cm³/mol. The lowest BCUT2D eigenvalue weighted by molar-refractivity contribution is 0.0740. The zero-order valence-corrected chi connectivity index (χ0v) is 9.67. The average molecular weight is 213 g/mol. The van der Waals surface area contributed by atoms with Gasteiger partial charge in [0.15, 0.2) is 0 Å². The van der Waals surface area contributed by atoms with Crippen molar-refractivity contribution >= 4 is 0 Å². The molecule has 88 valence electrons. The quantitative estimate of drug-likeness (QED) is 0.670. The first-order valence-electron chi connectivity index (χ1n) is 6.07. The van der Waals surface area contributed by atoms with Crippen molar-refractivity contribution < 1.29 is 4.74 Å². The topological polar surface area (TPSA) is 36.5 Å². The summed E-state index contributed by atoms with van der Waals surface area (Å²) in [6.07, 6.45) is 2.48. The molecule has 0 spiro atoms. The van der Waals surface area contributed by atoms with E-state index in [1.807, 2.05) is 0 Å². The highest BCUT2D eigenvalue weighted by Gasteiger charge is 2.19. The second-order valence-electron chi connectivity index (χ2n) is 4.72. The highest BCUT2D eigenvalue weighted by atomic mass is 16.5. The Morgan fingerprint density at radius 1 is 1.53 bits per heavy atom. The third-order valence-electron chi connectivity index (χ3n) is 3.32. The molecule has 0 aromatic rings. The molecule has 2 aliphatic heterocycles. The molecule has 0 radical (unpaired) electrons. The molecule has 2 rings (SSSR count). The van der Waals surface area contributed by atoms with Crippen LogP contribution < -0.4 is 10.6 Å². The molecule has 2 saturated heterocycles. The summed E-state index contributed by atoms with van der Waals surface area (Å²) < 4.78 is 5.42. The highest BCUT2D eigenvalue weighted by molar-refractivity contribution is 4.80. The molecule has 2 fully saturated rings. The number of hydrogen-bond acceptors (Lipinski definition) is 4. The van der Waals surface area contributed by atoms with Crippen molar-refractivity contribution in [3.05, 3.63) is 0 Å². The van der Waals surface area contributed by atoms with Crippen LogP contribution in [-0.4, -0.2) is 63.4 Å². The molecule has 0 bridgehead atoms. The Bertz CT molecular complexity index is 178. The normalized spacial score (nSPS) is 33.4. The fraction of sp³-hybridized carbons (Fsp3) is 1.00. The molecule has 2 heterocycles. The minimum atomic E-state index is 0.561. The first-order chi connectivity index (χ1) is 7.34. The molecule has 0 aromatic heterocycles. The van der Waals surface area contributed by atoms with E-state index in [4.69, 9.17) is 4.74 Å². The Balaban J connectivity index is 1.54. The second-order valence-corrected chi connectivity index (χ2v) is 4.72. The molecule has 15 heavy (non-hydrogen) atoms. The van der Waals surface area contributed by atoms with E-state index in [0.717, 1.165) is 26.3 Å². The fourth-order valence-corrected chi connectivity index (χ4v) is 2.37. The Morgan fingerprint density at radius 3 is 3.13 bits per heavy atom. The molecule has 0 amide bonds. The molecule has 2 atom stereocenters. The van der Waals surface area contributed by atoms with Crippen molar-refractivity contribution in [2.75, 3.05) is 46.4 Å². The van der Waals surface area contributed by atoms with Crippen molar-refractivity contribution in [3.8, 4) is 0 Å². The van der Waals surface area contributed by atoms with E-state index in [1.54, 1.807) is 0 Å². The molecule has 0 saturated carbocycles. The van der Waals surface area contributed by atoms with Gasteiger partial charge in [0, 0.05) is 25.2 Å². The Kier molecular flexibility index (Phi) is 4.38. The maximum absolute atomic E-state index is 5.42. The van der Waals surface area contributed by atoms with Crippen molar-refractivity contribution in [2.45, 2.75) is 24.9 Å². The Hall–Kier alpha value is -0.160. The number of hydrogen-bond donors (Lipinski definition) is 2. The van der Waals surface area contributed by atoms with Gasteiger partial charge in [0.2, 0.25) is 0 Å². The summed E-state index contributed by atoms with van der Waals surface area (Å²) in [6.45, 7) is 6.32. The molecule has 4 nitrogen and oxygen atoms in total. The van der Waals surface area contributed by atoms with Crippen LogP contribution in [0.4, 0.5) is 0 Å². The summed E-state index contributed by atoms with van der Waals surface area (Å²) in [5.41, 5.74) is 0. The molecule has 2 aliphatic rings. The van der Waals surface area contributed by atoms with Gasteiger partial charge >= 0.3 is 0 Å². The summed E-state index contributed by atoms with van der Waals surface area (Å²) in [5.74, 6) is 0. The van der Waals surface area contributed by atoms with Gasteiger partial charge in [0.25, 0.3) is 0 Å². The van der Waals surface area contributed by atoms with Crippen LogP contribution in [-0.2, 0) is 4.74 Å². The van der Waals surface area contributed by atoms with E-state index < -0.39 is 0 Å². The number of likely N-dealkylation sites (N-methyl/N-ethyl adjacent to an activating group) is 1. The Labute approximate surface area is 92.4 Å². The van der Waals surface area contributed by atoms with Crippen molar-refractivity contribution in [1.29, 1.82) is 0 Å². The van der Waals surface area contributed by atoms with Crippen LogP contribution in [0.25, 0.3) is 0 Å². The van der Waals surface area contributed by atoms with E-state index in [9.17, 15) is 0 Å². The lowest BCUT2D eigenvalue weighted by Crippen LogP contribution is -2.43. The summed E-state index contributed by atoms with van der Waals surface area (Å²) >= 11 is 0. The second kappa shape index (κ2) is 5.80. The van der Waals surface area contributed by atoms with Crippen LogP contribution in [0.15, 0.2) is 0 Å². The van der Waals surface area contributed by atoms with Gasteiger partial charge in [-0.05, 0) is 33.0 Å². The predicted octanol–water partition coefficient (Wildman–Crippen LogP) is -0.341. The lowest BCUT2D eigenvalue weighted by atomic mass is 10.2. The molecular formula is C11H23N3O. The summed E-state index contributed by atoms with van der Waals surface area (Å²) in [7, 11) is 2.19. The van der Waals surface area contributed by atoms with Crippen LogP contribution >= 0.6 is 0 Å². The van der Waals surface area contributed by atoms with E-state index in [2.05, 4.69) is 22.6 Å². The van der Waals surface area contributed by atoms with Gasteiger partial charge in [-0.3, -0.25) is 0 Å². The van der Waals surface area contributed by atoms with Crippen LogP contribution in [0.5, 0.6) is 0 Å². The molecule has 2 N–H and O–H groups in total. The van der Waals surface area contributed by atoms with Crippen LogP contribution in [0.1, 0.15) is 12.8 Å². The third-order valence-corrected chi connectivity index (χ3v) is 3.32. The number of likely N-dealkylation sites (tertiary alicyclic amines) is 1. The van der Waals surface area contributed by atoms with Crippen molar-refractivity contribution in [1.82, 2.24) is 15.5 Å².